The summed E-state index contributed by atoms with van der Waals surface area (Å²) in [4.78, 5) is 3.27. The number of ether oxygens (including phenoxy) is 1. The van der Waals surface area contributed by atoms with Crippen LogP contribution in [0.5, 0.6) is 0 Å². The first-order chi connectivity index (χ1) is 9.56. The predicted octanol–water partition coefficient (Wildman–Crippen LogP) is 0.970. The highest BCUT2D eigenvalue weighted by atomic mass is 32.2. The number of hydrogen-bond donors (Lipinski definition) is 3. The third-order valence-electron chi connectivity index (χ3n) is 3.65. The second-order valence-corrected chi connectivity index (χ2v) is 6.79. The van der Waals surface area contributed by atoms with Gasteiger partial charge >= 0.3 is 0 Å². The molecule has 1 aromatic rings. The summed E-state index contributed by atoms with van der Waals surface area (Å²) < 4.78 is 32.7. The number of hydrogen-bond acceptors (Lipinski definition) is 4. The number of aromatic amines is 1. The van der Waals surface area contributed by atoms with Crippen molar-refractivity contribution in [1.29, 1.82) is 0 Å². The number of methoxy groups -OCH3 is 1. The maximum absolute atomic E-state index is 12.3. The van der Waals surface area contributed by atoms with Crippen molar-refractivity contribution < 1.29 is 13.2 Å². The van der Waals surface area contributed by atoms with Crippen LogP contribution in [0.15, 0.2) is 17.2 Å². The Morgan fingerprint density at radius 3 is 2.95 bits per heavy atom. The lowest BCUT2D eigenvalue weighted by molar-refractivity contribution is 0.0916. The fraction of sp³-hybridized carbons (Fsp3) is 0.692. The summed E-state index contributed by atoms with van der Waals surface area (Å²) in [5, 5.41) is 3.15. The third-order valence-corrected chi connectivity index (χ3v) is 5.12. The standard InChI is InChI=1S/C13H23N3O3S/c1-3-14-8-10-7-11(9-15-10)20(17,18)16-12-5-4-6-13(12)19-2/h7,9,12-16H,3-6,8H2,1-2H3. The number of aromatic nitrogens is 1. The van der Waals surface area contributed by atoms with E-state index in [2.05, 4.69) is 15.0 Å². The molecule has 1 aliphatic carbocycles. The van der Waals surface area contributed by atoms with Gasteiger partial charge in [0.1, 0.15) is 0 Å². The summed E-state index contributed by atoms with van der Waals surface area (Å²) >= 11 is 0. The number of H-pyrrole nitrogens is 1. The minimum Gasteiger partial charge on any atom is -0.380 e. The van der Waals surface area contributed by atoms with Gasteiger partial charge in [-0.3, -0.25) is 0 Å². The van der Waals surface area contributed by atoms with Crippen LogP contribution in [0.1, 0.15) is 31.9 Å². The molecule has 7 heteroatoms. The van der Waals surface area contributed by atoms with Gasteiger partial charge in [0.25, 0.3) is 0 Å². The van der Waals surface area contributed by atoms with E-state index in [1.165, 1.54) is 6.20 Å². The van der Waals surface area contributed by atoms with Gasteiger partial charge in [0.05, 0.1) is 11.0 Å². The fourth-order valence-electron chi connectivity index (χ4n) is 2.55. The van der Waals surface area contributed by atoms with E-state index >= 15 is 0 Å². The molecule has 2 atom stereocenters. The van der Waals surface area contributed by atoms with Crippen LogP contribution >= 0.6 is 0 Å². The Balaban J connectivity index is 2.04. The predicted molar refractivity (Wildman–Crippen MR) is 76.9 cm³/mol. The lowest BCUT2D eigenvalue weighted by atomic mass is 10.2. The smallest absolute Gasteiger partial charge is 0.242 e. The highest BCUT2D eigenvalue weighted by Gasteiger charge is 2.31. The van der Waals surface area contributed by atoms with Crippen LogP contribution in [0, 0.1) is 0 Å². The second kappa shape index (κ2) is 6.71. The monoisotopic (exact) mass is 301 g/mol. The number of nitrogens with one attached hydrogen (secondary N) is 3. The zero-order valence-electron chi connectivity index (χ0n) is 12.0. The van der Waals surface area contributed by atoms with Crippen LogP contribution < -0.4 is 10.0 Å². The highest BCUT2D eigenvalue weighted by molar-refractivity contribution is 7.89. The van der Waals surface area contributed by atoms with Gasteiger partial charge < -0.3 is 15.0 Å². The molecule has 2 unspecified atom stereocenters. The van der Waals surface area contributed by atoms with Crippen molar-refractivity contribution in [3.8, 4) is 0 Å². The van der Waals surface area contributed by atoms with Gasteiger partial charge in [-0.1, -0.05) is 6.92 Å². The molecular weight excluding hydrogens is 278 g/mol. The van der Waals surface area contributed by atoms with Crippen LogP contribution in [0.4, 0.5) is 0 Å². The summed E-state index contributed by atoms with van der Waals surface area (Å²) in [5.74, 6) is 0. The molecule has 1 heterocycles. The van der Waals surface area contributed by atoms with Crippen LogP contribution in [0.3, 0.4) is 0 Å². The molecule has 0 bridgehead atoms. The first-order valence-corrected chi connectivity index (χ1v) is 8.48. The lowest BCUT2D eigenvalue weighted by Gasteiger charge is -2.19. The van der Waals surface area contributed by atoms with Crippen molar-refractivity contribution in [3.05, 3.63) is 18.0 Å². The minimum atomic E-state index is -3.48. The molecule has 0 radical (unpaired) electrons. The van der Waals surface area contributed by atoms with Gasteiger partial charge in [-0.25, -0.2) is 13.1 Å². The van der Waals surface area contributed by atoms with E-state index in [-0.39, 0.29) is 17.0 Å². The van der Waals surface area contributed by atoms with Gasteiger partial charge in [0.2, 0.25) is 10.0 Å². The summed E-state index contributed by atoms with van der Waals surface area (Å²) in [7, 11) is -1.85. The summed E-state index contributed by atoms with van der Waals surface area (Å²) in [6.07, 6.45) is 4.23. The molecule has 2 rings (SSSR count). The maximum atomic E-state index is 12.3. The number of sulfonamides is 1. The van der Waals surface area contributed by atoms with Crippen LogP contribution in [0.25, 0.3) is 0 Å². The molecule has 0 spiro atoms. The fourth-order valence-corrected chi connectivity index (χ4v) is 3.86. The molecule has 1 fully saturated rings. The third kappa shape index (κ3) is 3.60. The van der Waals surface area contributed by atoms with Crippen molar-refractivity contribution >= 4 is 10.0 Å². The van der Waals surface area contributed by atoms with E-state index in [4.69, 9.17) is 4.74 Å². The quantitative estimate of drug-likeness (QED) is 0.701. The Labute approximate surface area is 120 Å². The lowest BCUT2D eigenvalue weighted by Crippen LogP contribution is -2.40. The SMILES string of the molecule is CCNCc1cc(S(=O)(=O)NC2CCCC2OC)c[nH]1. The first kappa shape index (κ1) is 15.5. The zero-order valence-corrected chi connectivity index (χ0v) is 12.8. The minimum absolute atomic E-state index is 0.0232. The summed E-state index contributed by atoms with van der Waals surface area (Å²) in [5.41, 5.74) is 0.863. The Morgan fingerprint density at radius 1 is 1.45 bits per heavy atom. The largest absolute Gasteiger partial charge is 0.380 e. The molecule has 1 saturated carbocycles. The molecule has 6 nitrogen and oxygen atoms in total. The van der Waals surface area contributed by atoms with Crippen LogP contribution in [0.2, 0.25) is 0 Å². The maximum Gasteiger partial charge on any atom is 0.242 e. The molecule has 114 valence electrons. The molecule has 3 N–H and O–H groups in total. The van der Waals surface area contributed by atoms with Crippen molar-refractivity contribution in [3.63, 3.8) is 0 Å². The molecule has 20 heavy (non-hydrogen) atoms. The Bertz CT molecular complexity index is 527. The van der Waals surface area contributed by atoms with E-state index in [1.54, 1.807) is 13.2 Å². The zero-order chi connectivity index (χ0) is 14.6. The van der Waals surface area contributed by atoms with E-state index in [1.807, 2.05) is 6.92 Å². The van der Waals surface area contributed by atoms with E-state index in [9.17, 15) is 8.42 Å². The van der Waals surface area contributed by atoms with Crippen LogP contribution in [-0.2, 0) is 21.3 Å². The first-order valence-electron chi connectivity index (χ1n) is 7.00. The molecule has 0 amide bonds. The normalized spacial score (nSPS) is 23.3. The van der Waals surface area contributed by atoms with Crippen molar-refractivity contribution in [2.24, 2.45) is 0 Å². The summed E-state index contributed by atoms with van der Waals surface area (Å²) in [6, 6.07) is 1.54. The average Bonchev–Trinajstić information content (AvgIpc) is 3.04. The molecule has 0 saturated heterocycles. The van der Waals surface area contributed by atoms with Crippen LogP contribution in [-0.4, -0.2) is 39.2 Å². The summed E-state index contributed by atoms with van der Waals surface area (Å²) in [6.45, 7) is 3.49. The van der Waals surface area contributed by atoms with E-state index < -0.39 is 10.0 Å². The van der Waals surface area contributed by atoms with Crippen molar-refractivity contribution in [2.75, 3.05) is 13.7 Å². The number of rotatable bonds is 7. The average molecular weight is 301 g/mol. The van der Waals surface area contributed by atoms with Crippen molar-refractivity contribution in [1.82, 2.24) is 15.0 Å². The molecule has 1 aromatic heterocycles. The van der Waals surface area contributed by atoms with Gasteiger partial charge in [-0.05, 0) is 31.9 Å². The highest BCUT2D eigenvalue weighted by Crippen LogP contribution is 2.23. The van der Waals surface area contributed by atoms with E-state index in [0.717, 1.165) is 31.5 Å². The van der Waals surface area contributed by atoms with Gasteiger partial charge in [-0.15, -0.1) is 0 Å². The van der Waals surface area contributed by atoms with Gasteiger partial charge in [0.15, 0.2) is 0 Å². The molecule has 0 aromatic carbocycles. The topological polar surface area (TPSA) is 83.2 Å². The molecular formula is C13H23N3O3S. The van der Waals surface area contributed by atoms with E-state index in [0.29, 0.717) is 6.54 Å². The Morgan fingerprint density at radius 2 is 2.25 bits per heavy atom. The molecule has 1 aliphatic rings. The molecule has 0 aliphatic heterocycles. The van der Waals surface area contributed by atoms with Gasteiger partial charge in [-0.2, -0.15) is 0 Å². The second-order valence-electron chi connectivity index (χ2n) is 5.07. The van der Waals surface area contributed by atoms with Gasteiger partial charge in [0, 0.05) is 31.6 Å². The van der Waals surface area contributed by atoms with Crippen molar-refractivity contribution in [2.45, 2.75) is 49.8 Å². The Hall–Kier alpha value is -0.890. The Kier molecular flexibility index (Phi) is 5.20.